The lowest BCUT2D eigenvalue weighted by molar-refractivity contribution is 0.899. The fourth-order valence-electron chi connectivity index (χ4n) is 2.48. The van der Waals surface area contributed by atoms with Crippen LogP contribution in [0.2, 0.25) is 0 Å². The summed E-state index contributed by atoms with van der Waals surface area (Å²) >= 11 is 0. The van der Waals surface area contributed by atoms with E-state index in [1.54, 1.807) is 6.33 Å². The lowest BCUT2D eigenvalue weighted by Gasteiger charge is -2.09. The Hall–Kier alpha value is -1.90. The fraction of sp³-hybridized carbons (Fsp3) is 0.333. The van der Waals surface area contributed by atoms with E-state index in [1.165, 1.54) is 23.2 Å². The summed E-state index contributed by atoms with van der Waals surface area (Å²) in [6.45, 7) is 0.924. The number of anilines is 1. The molecule has 2 aromatic rings. The first-order valence-electron chi connectivity index (χ1n) is 6.54. The van der Waals surface area contributed by atoms with Crippen LogP contribution in [-0.2, 0) is 19.3 Å². The van der Waals surface area contributed by atoms with Crippen molar-refractivity contribution < 1.29 is 0 Å². The van der Waals surface area contributed by atoms with E-state index >= 15 is 0 Å². The maximum absolute atomic E-state index is 4.36. The number of aryl methyl sites for hydroxylation is 1. The molecular formula is C15H17N3. The second-order valence-corrected chi connectivity index (χ2v) is 4.66. The first-order chi connectivity index (χ1) is 8.93. The number of hydrogen-bond acceptors (Lipinski definition) is 3. The highest BCUT2D eigenvalue weighted by atomic mass is 15.0. The van der Waals surface area contributed by atoms with Gasteiger partial charge in [0, 0.05) is 17.8 Å². The van der Waals surface area contributed by atoms with Gasteiger partial charge in [-0.25, -0.2) is 9.97 Å². The molecule has 0 spiro atoms. The number of nitrogens with one attached hydrogen (secondary N) is 1. The Balaban J connectivity index is 1.63. The molecule has 0 bridgehead atoms. The molecule has 0 saturated heterocycles. The number of aromatic nitrogens is 2. The minimum atomic E-state index is 0.924. The normalized spacial score (nSPS) is 13.3. The largest absolute Gasteiger partial charge is 0.369 e. The SMILES string of the molecule is c1ccc(CCNc2ncnc3c2CCC3)cc1. The number of benzene rings is 1. The molecule has 3 rings (SSSR count). The zero-order chi connectivity index (χ0) is 12.2. The maximum atomic E-state index is 4.36. The van der Waals surface area contributed by atoms with Crippen LogP contribution >= 0.6 is 0 Å². The minimum absolute atomic E-state index is 0.924. The molecule has 0 fully saturated rings. The van der Waals surface area contributed by atoms with Crippen molar-refractivity contribution in [2.45, 2.75) is 25.7 Å². The smallest absolute Gasteiger partial charge is 0.132 e. The molecule has 1 heterocycles. The van der Waals surface area contributed by atoms with Gasteiger partial charge >= 0.3 is 0 Å². The van der Waals surface area contributed by atoms with E-state index < -0.39 is 0 Å². The molecule has 0 aliphatic heterocycles. The quantitative estimate of drug-likeness (QED) is 0.891. The molecule has 0 atom stereocenters. The van der Waals surface area contributed by atoms with Crippen molar-refractivity contribution in [3.05, 3.63) is 53.5 Å². The zero-order valence-corrected chi connectivity index (χ0v) is 10.4. The van der Waals surface area contributed by atoms with E-state index in [0.717, 1.165) is 31.6 Å². The lowest BCUT2D eigenvalue weighted by Crippen LogP contribution is -2.09. The Morgan fingerprint density at radius 1 is 1.06 bits per heavy atom. The highest BCUT2D eigenvalue weighted by molar-refractivity contribution is 5.48. The summed E-state index contributed by atoms with van der Waals surface area (Å²) in [5.41, 5.74) is 3.91. The van der Waals surface area contributed by atoms with Gasteiger partial charge in [0.15, 0.2) is 0 Å². The van der Waals surface area contributed by atoms with Crippen LogP contribution in [0.3, 0.4) is 0 Å². The predicted molar refractivity (Wildman–Crippen MR) is 72.7 cm³/mol. The number of nitrogens with zero attached hydrogens (tertiary/aromatic N) is 2. The molecular weight excluding hydrogens is 222 g/mol. The molecule has 18 heavy (non-hydrogen) atoms. The first kappa shape index (κ1) is 11.2. The van der Waals surface area contributed by atoms with Crippen molar-refractivity contribution in [3.63, 3.8) is 0 Å². The minimum Gasteiger partial charge on any atom is -0.369 e. The second-order valence-electron chi connectivity index (χ2n) is 4.66. The molecule has 0 amide bonds. The van der Waals surface area contributed by atoms with E-state index in [0.29, 0.717) is 0 Å². The fourth-order valence-corrected chi connectivity index (χ4v) is 2.48. The second kappa shape index (κ2) is 5.17. The Labute approximate surface area is 107 Å². The molecule has 1 N–H and O–H groups in total. The Kier molecular flexibility index (Phi) is 3.22. The Morgan fingerprint density at radius 3 is 2.83 bits per heavy atom. The number of fused-ring (bicyclic) bond motifs is 1. The molecule has 1 aromatic heterocycles. The van der Waals surface area contributed by atoms with Crippen molar-refractivity contribution in [3.8, 4) is 0 Å². The molecule has 0 saturated carbocycles. The van der Waals surface area contributed by atoms with Gasteiger partial charge < -0.3 is 5.32 Å². The molecule has 1 aromatic carbocycles. The Morgan fingerprint density at radius 2 is 1.94 bits per heavy atom. The van der Waals surface area contributed by atoms with Crippen LogP contribution in [-0.4, -0.2) is 16.5 Å². The lowest BCUT2D eigenvalue weighted by atomic mass is 10.1. The van der Waals surface area contributed by atoms with Gasteiger partial charge in [0.05, 0.1) is 0 Å². The highest BCUT2D eigenvalue weighted by Gasteiger charge is 2.16. The maximum Gasteiger partial charge on any atom is 0.132 e. The predicted octanol–water partition coefficient (Wildman–Crippen LogP) is 2.62. The van der Waals surface area contributed by atoms with Crippen LogP contribution in [0.1, 0.15) is 23.2 Å². The van der Waals surface area contributed by atoms with Gasteiger partial charge in [-0.15, -0.1) is 0 Å². The monoisotopic (exact) mass is 239 g/mol. The van der Waals surface area contributed by atoms with Crippen molar-refractivity contribution in [2.75, 3.05) is 11.9 Å². The van der Waals surface area contributed by atoms with E-state index in [-0.39, 0.29) is 0 Å². The molecule has 1 aliphatic rings. The summed E-state index contributed by atoms with van der Waals surface area (Å²) in [5, 5.41) is 3.44. The van der Waals surface area contributed by atoms with Crippen LogP contribution in [0.15, 0.2) is 36.7 Å². The van der Waals surface area contributed by atoms with Crippen LogP contribution in [0.25, 0.3) is 0 Å². The van der Waals surface area contributed by atoms with Crippen molar-refractivity contribution in [1.29, 1.82) is 0 Å². The average molecular weight is 239 g/mol. The van der Waals surface area contributed by atoms with Gasteiger partial charge in [-0.1, -0.05) is 30.3 Å². The molecule has 3 heteroatoms. The van der Waals surface area contributed by atoms with Crippen LogP contribution in [0, 0.1) is 0 Å². The number of hydrogen-bond donors (Lipinski definition) is 1. The third-order valence-electron chi connectivity index (χ3n) is 3.42. The van der Waals surface area contributed by atoms with E-state index in [1.807, 2.05) is 6.07 Å². The number of rotatable bonds is 4. The summed E-state index contributed by atoms with van der Waals surface area (Å²) < 4.78 is 0. The van der Waals surface area contributed by atoms with E-state index in [4.69, 9.17) is 0 Å². The third kappa shape index (κ3) is 2.35. The molecule has 0 unspecified atom stereocenters. The molecule has 1 aliphatic carbocycles. The summed E-state index contributed by atoms with van der Waals surface area (Å²) in [5.74, 6) is 1.04. The highest BCUT2D eigenvalue weighted by Crippen LogP contribution is 2.24. The summed E-state index contributed by atoms with van der Waals surface area (Å²) in [6.07, 6.45) is 6.13. The van der Waals surface area contributed by atoms with E-state index in [2.05, 4.69) is 39.6 Å². The van der Waals surface area contributed by atoms with Gasteiger partial charge in [0.2, 0.25) is 0 Å². The standard InChI is InChI=1S/C15H17N3/c1-2-5-12(6-3-1)9-10-16-15-13-7-4-8-14(13)17-11-18-15/h1-3,5-6,11H,4,7-10H2,(H,16,17,18). The molecule has 0 radical (unpaired) electrons. The van der Waals surface area contributed by atoms with Crippen molar-refractivity contribution in [1.82, 2.24) is 9.97 Å². The average Bonchev–Trinajstić information content (AvgIpc) is 2.89. The van der Waals surface area contributed by atoms with Crippen LogP contribution in [0.4, 0.5) is 5.82 Å². The van der Waals surface area contributed by atoms with Gasteiger partial charge in [0.25, 0.3) is 0 Å². The molecule has 92 valence electrons. The topological polar surface area (TPSA) is 37.8 Å². The van der Waals surface area contributed by atoms with Gasteiger partial charge in [-0.2, -0.15) is 0 Å². The molecule has 3 nitrogen and oxygen atoms in total. The Bertz CT molecular complexity index is 523. The van der Waals surface area contributed by atoms with E-state index in [9.17, 15) is 0 Å². The van der Waals surface area contributed by atoms with Crippen LogP contribution in [0.5, 0.6) is 0 Å². The zero-order valence-electron chi connectivity index (χ0n) is 10.4. The first-order valence-corrected chi connectivity index (χ1v) is 6.54. The van der Waals surface area contributed by atoms with Crippen molar-refractivity contribution in [2.24, 2.45) is 0 Å². The van der Waals surface area contributed by atoms with Gasteiger partial charge in [-0.05, 0) is 31.2 Å². The summed E-state index contributed by atoms with van der Waals surface area (Å²) in [4.78, 5) is 8.69. The third-order valence-corrected chi connectivity index (χ3v) is 3.42. The summed E-state index contributed by atoms with van der Waals surface area (Å²) in [6, 6.07) is 10.5. The van der Waals surface area contributed by atoms with Crippen LogP contribution < -0.4 is 5.32 Å². The van der Waals surface area contributed by atoms with Gasteiger partial charge in [0.1, 0.15) is 12.1 Å². The summed E-state index contributed by atoms with van der Waals surface area (Å²) in [7, 11) is 0. The van der Waals surface area contributed by atoms with Gasteiger partial charge in [-0.3, -0.25) is 0 Å². The van der Waals surface area contributed by atoms with Crippen molar-refractivity contribution >= 4 is 5.82 Å².